The second kappa shape index (κ2) is 8.32. The van der Waals surface area contributed by atoms with Crippen molar-refractivity contribution in [3.63, 3.8) is 0 Å². The highest BCUT2D eigenvalue weighted by Gasteiger charge is 2.21. The molecule has 1 aromatic carbocycles. The quantitative estimate of drug-likeness (QED) is 0.576. The van der Waals surface area contributed by atoms with Crippen LogP contribution in [-0.2, 0) is 0 Å². The predicted octanol–water partition coefficient (Wildman–Crippen LogP) is 3.52. The molecule has 0 aromatic heterocycles. The number of carbonyl (C=O) groups is 1. The molecule has 116 valence electrons. The van der Waals surface area contributed by atoms with Crippen LogP contribution in [0.15, 0.2) is 23.2 Å². The molecule has 2 rings (SSSR count). The van der Waals surface area contributed by atoms with Crippen molar-refractivity contribution in [2.24, 2.45) is 10.9 Å². The highest BCUT2D eigenvalue weighted by molar-refractivity contribution is 6.39. The molecule has 1 aliphatic carbocycles. The monoisotopic (exact) mass is 350 g/mol. The molecule has 0 atom stereocenters. The van der Waals surface area contributed by atoms with Crippen molar-refractivity contribution in [3.05, 3.63) is 28.2 Å². The predicted molar refractivity (Wildman–Crippen MR) is 90.0 cm³/mol. The molecule has 1 saturated carbocycles. The first kappa shape index (κ1) is 17.9. The summed E-state index contributed by atoms with van der Waals surface area (Å²) in [6, 6.07) is 4.83. The molecular weight excluding hydrogens is 335 g/mol. The van der Waals surface area contributed by atoms with E-state index in [0.717, 1.165) is 0 Å². The summed E-state index contributed by atoms with van der Waals surface area (Å²) >= 11 is 12.2. The zero-order valence-corrected chi connectivity index (χ0v) is 13.8. The zero-order chi connectivity index (χ0) is 14.5. The molecule has 1 aliphatic rings. The molecule has 0 unspecified atom stereocenters. The van der Waals surface area contributed by atoms with Crippen LogP contribution in [0.1, 0.15) is 12.8 Å². The topological polar surface area (TPSA) is 65.5 Å². The second-order valence-corrected chi connectivity index (χ2v) is 5.37. The lowest BCUT2D eigenvalue weighted by Crippen LogP contribution is -2.41. The van der Waals surface area contributed by atoms with Gasteiger partial charge in [-0.05, 0) is 30.9 Å². The molecule has 0 radical (unpaired) electrons. The Kier molecular flexibility index (Phi) is 7.08. The van der Waals surface area contributed by atoms with Crippen LogP contribution in [0.2, 0.25) is 10.0 Å². The fraction of sp³-hybridized carbons (Fsp3) is 0.385. The molecule has 5 nitrogen and oxygen atoms in total. The highest BCUT2D eigenvalue weighted by Crippen LogP contribution is 2.30. The van der Waals surface area contributed by atoms with Gasteiger partial charge >= 0.3 is 6.03 Å². The van der Waals surface area contributed by atoms with Crippen LogP contribution in [0.25, 0.3) is 0 Å². The van der Waals surface area contributed by atoms with Gasteiger partial charge in [-0.25, -0.2) is 4.79 Å². The Balaban J connectivity index is 0.00000220. The van der Waals surface area contributed by atoms with E-state index in [9.17, 15) is 4.79 Å². The van der Waals surface area contributed by atoms with Crippen molar-refractivity contribution >= 4 is 53.3 Å². The summed E-state index contributed by atoms with van der Waals surface area (Å²) in [7, 11) is 1.54. The number of urea groups is 1. The third-order valence-electron chi connectivity index (χ3n) is 2.87. The average Bonchev–Trinajstić information content (AvgIpc) is 3.24. The number of halogens is 3. The summed E-state index contributed by atoms with van der Waals surface area (Å²) < 4.78 is 0. The molecule has 2 amide bonds. The number of carbonyl (C=O) groups excluding carboxylic acids is 1. The molecule has 21 heavy (non-hydrogen) atoms. The maximum Gasteiger partial charge on any atom is 0.321 e. The van der Waals surface area contributed by atoms with Gasteiger partial charge in [0.1, 0.15) is 0 Å². The van der Waals surface area contributed by atoms with E-state index in [1.807, 2.05) is 0 Å². The van der Waals surface area contributed by atoms with Crippen LogP contribution in [0, 0.1) is 5.92 Å². The van der Waals surface area contributed by atoms with Crippen molar-refractivity contribution in [1.82, 2.24) is 10.6 Å². The van der Waals surface area contributed by atoms with E-state index < -0.39 is 0 Å². The Morgan fingerprint density at radius 2 is 1.95 bits per heavy atom. The van der Waals surface area contributed by atoms with Gasteiger partial charge in [0.25, 0.3) is 0 Å². The normalized spacial score (nSPS) is 14.1. The summed E-state index contributed by atoms with van der Waals surface area (Å²) in [6.07, 6.45) is 2.37. The summed E-state index contributed by atoms with van der Waals surface area (Å²) in [5.74, 6) is 0.950. The van der Waals surface area contributed by atoms with Gasteiger partial charge in [0, 0.05) is 13.6 Å². The number of hydrogen-bond donors (Lipinski definition) is 3. The van der Waals surface area contributed by atoms with Gasteiger partial charge in [0.05, 0.1) is 15.7 Å². The first-order valence-electron chi connectivity index (χ1n) is 6.34. The van der Waals surface area contributed by atoms with Crippen molar-refractivity contribution in [2.75, 3.05) is 18.9 Å². The van der Waals surface area contributed by atoms with E-state index in [2.05, 4.69) is 20.9 Å². The minimum absolute atomic E-state index is 0. The number of anilines is 1. The molecular formula is C13H17Cl3N4O. The van der Waals surface area contributed by atoms with Crippen LogP contribution in [0.4, 0.5) is 10.5 Å². The number of nitrogens with zero attached hydrogens (tertiary/aromatic N) is 1. The number of hydrogen-bond acceptors (Lipinski definition) is 2. The largest absolute Gasteiger partial charge is 0.341 e. The molecule has 1 fully saturated rings. The second-order valence-electron chi connectivity index (χ2n) is 4.56. The lowest BCUT2D eigenvalue weighted by Gasteiger charge is -2.13. The third kappa shape index (κ3) is 5.61. The first-order chi connectivity index (χ1) is 9.60. The van der Waals surface area contributed by atoms with Gasteiger partial charge in [-0.1, -0.05) is 29.3 Å². The SMILES string of the molecule is CNC(=O)NC(=NCC1CC1)Nc1c(Cl)cccc1Cl.Cl. The van der Waals surface area contributed by atoms with E-state index in [-0.39, 0.29) is 18.4 Å². The number of benzene rings is 1. The molecule has 1 aromatic rings. The number of aliphatic imine (C=N–C) groups is 1. The maximum atomic E-state index is 11.4. The van der Waals surface area contributed by atoms with E-state index in [4.69, 9.17) is 23.2 Å². The molecule has 0 bridgehead atoms. The summed E-state index contributed by atoms with van der Waals surface area (Å²) in [5.41, 5.74) is 0.529. The summed E-state index contributed by atoms with van der Waals surface area (Å²) in [4.78, 5) is 15.8. The van der Waals surface area contributed by atoms with Crippen molar-refractivity contribution in [2.45, 2.75) is 12.8 Å². The molecule has 0 aliphatic heterocycles. The van der Waals surface area contributed by atoms with E-state index in [0.29, 0.717) is 34.2 Å². The van der Waals surface area contributed by atoms with E-state index >= 15 is 0 Å². The first-order valence-corrected chi connectivity index (χ1v) is 7.10. The Bertz CT molecular complexity index is 512. The third-order valence-corrected chi connectivity index (χ3v) is 3.50. The highest BCUT2D eigenvalue weighted by atomic mass is 35.5. The van der Waals surface area contributed by atoms with Crippen molar-refractivity contribution in [1.29, 1.82) is 0 Å². The Morgan fingerprint density at radius 3 is 2.48 bits per heavy atom. The van der Waals surface area contributed by atoms with Gasteiger partial charge in [-0.3, -0.25) is 10.3 Å². The Hall–Kier alpha value is -1.17. The molecule has 0 spiro atoms. The fourth-order valence-corrected chi connectivity index (χ4v) is 2.03. The van der Waals surface area contributed by atoms with E-state index in [1.165, 1.54) is 19.9 Å². The summed E-state index contributed by atoms with van der Waals surface area (Å²) in [5, 5.41) is 9.02. The smallest absolute Gasteiger partial charge is 0.321 e. The van der Waals surface area contributed by atoms with Crippen LogP contribution >= 0.6 is 35.6 Å². The minimum atomic E-state index is -0.352. The van der Waals surface area contributed by atoms with Gasteiger partial charge < -0.3 is 10.6 Å². The van der Waals surface area contributed by atoms with Gasteiger partial charge in [0.2, 0.25) is 5.96 Å². The van der Waals surface area contributed by atoms with Crippen molar-refractivity contribution in [3.8, 4) is 0 Å². The Labute approximate surface area is 139 Å². The number of amides is 2. The van der Waals surface area contributed by atoms with Gasteiger partial charge in [0.15, 0.2) is 0 Å². The lowest BCUT2D eigenvalue weighted by atomic mass is 10.3. The van der Waals surface area contributed by atoms with E-state index in [1.54, 1.807) is 18.2 Å². The standard InChI is InChI=1S/C13H16Cl2N4O.ClH/c1-16-13(20)19-12(17-7-8-5-6-8)18-11-9(14)3-2-4-10(11)15;/h2-4,8H,5-7H2,1H3,(H3,16,17,18,19,20);1H. The van der Waals surface area contributed by atoms with Crippen LogP contribution in [0.3, 0.4) is 0 Å². The summed E-state index contributed by atoms with van der Waals surface area (Å²) in [6.45, 7) is 0.675. The maximum absolute atomic E-state index is 11.4. The van der Waals surface area contributed by atoms with Gasteiger partial charge in [-0.15, -0.1) is 12.4 Å². The van der Waals surface area contributed by atoms with Crippen molar-refractivity contribution < 1.29 is 4.79 Å². The molecule has 0 heterocycles. The van der Waals surface area contributed by atoms with Crippen LogP contribution < -0.4 is 16.0 Å². The average molecular weight is 352 g/mol. The number of rotatable bonds is 3. The molecule has 0 saturated heterocycles. The van der Waals surface area contributed by atoms with Gasteiger partial charge in [-0.2, -0.15) is 0 Å². The number of guanidine groups is 1. The molecule has 8 heteroatoms. The number of nitrogens with one attached hydrogen (secondary N) is 3. The molecule has 3 N–H and O–H groups in total. The zero-order valence-electron chi connectivity index (χ0n) is 11.5. The fourth-order valence-electron chi connectivity index (χ4n) is 1.54. The Morgan fingerprint density at radius 1 is 1.33 bits per heavy atom. The minimum Gasteiger partial charge on any atom is -0.341 e. The number of para-hydroxylation sites is 1. The van der Waals surface area contributed by atoms with Crippen LogP contribution in [-0.4, -0.2) is 25.6 Å². The van der Waals surface area contributed by atoms with Crippen LogP contribution in [0.5, 0.6) is 0 Å². The lowest BCUT2D eigenvalue weighted by molar-refractivity contribution is 0.247.